The van der Waals surface area contributed by atoms with Crippen LogP contribution in [0.1, 0.15) is 28.1 Å². The van der Waals surface area contributed by atoms with Gasteiger partial charge in [0.15, 0.2) is 5.96 Å². The number of aromatic nitrogens is 2. The van der Waals surface area contributed by atoms with Gasteiger partial charge in [0.25, 0.3) is 0 Å². The van der Waals surface area contributed by atoms with Crippen molar-refractivity contribution in [3.05, 3.63) is 57.7 Å². The molecule has 0 saturated carbocycles. The Hall–Kier alpha value is -2.47. The number of aliphatic imine (C=N–C) groups is 1. The van der Waals surface area contributed by atoms with Crippen LogP contribution >= 0.6 is 11.3 Å². The third kappa shape index (κ3) is 4.58. The van der Waals surface area contributed by atoms with Crippen LogP contribution in [0, 0.1) is 13.8 Å². The molecule has 0 aliphatic carbocycles. The summed E-state index contributed by atoms with van der Waals surface area (Å²) in [7, 11) is 0. The lowest BCUT2D eigenvalue weighted by molar-refractivity contribution is 0.800. The van der Waals surface area contributed by atoms with Crippen molar-refractivity contribution in [2.24, 2.45) is 4.99 Å². The Bertz CT molecular complexity index is 875. The molecular formula is C20H25N5S. The van der Waals surface area contributed by atoms with Crippen LogP contribution in [-0.2, 0) is 13.0 Å². The summed E-state index contributed by atoms with van der Waals surface area (Å²) in [6, 6.07) is 10.4. The van der Waals surface area contributed by atoms with Crippen molar-refractivity contribution in [2.75, 3.05) is 13.1 Å². The highest BCUT2D eigenvalue weighted by atomic mass is 32.1. The zero-order valence-corrected chi connectivity index (χ0v) is 16.4. The number of nitrogens with zero attached hydrogens (tertiary/aromatic N) is 3. The fourth-order valence-electron chi connectivity index (χ4n) is 2.78. The summed E-state index contributed by atoms with van der Waals surface area (Å²) in [5, 5.41) is 8.94. The van der Waals surface area contributed by atoms with E-state index in [-0.39, 0.29) is 0 Å². The highest BCUT2D eigenvalue weighted by Gasteiger charge is 2.05. The van der Waals surface area contributed by atoms with Gasteiger partial charge in [-0.3, -0.25) is 4.98 Å². The minimum Gasteiger partial charge on any atom is -0.357 e. The van der Waals surface area contributed by atoms with Gasteiger partial charge in [0.2, 0.25) is 0 Å². The maximum Gasteiger partial charge on any atom is 0.191 e. The SMILES string of the molecule is CCNC(=NCc1nc(C)c(C)s1)NCCc1cccc2cccnc12. The van der Waals surface area contributed by atoms with E-state index < -0.39 is 0 Å². The van der Waals surface area contributed by atoms with Crippen LogP contribution in [0.25, 0.3) is 10.9 Å². The van der Waals surface area contributed by atoms with E-state index >= 15 is 0 Å². The summed E-state index contributed by atoms with van der Waals surface area (Å²) in [6.07, 6.45) is 2.75. The molecule has 2 N–H and O–H groups in total. The highest BCUT2D eigenvalue weighted by Crippen LogP contribution is 2.17. The van der Waals surface area contributed by atoms with Crippen molar-refractivity contribution >= 4 is 28.2 Å². The van der Waals surface area contributed by atoms with Crippen molar-refractivity contribution < 1.29 is 0 Å². The summed E-state index contributed by atoms with van der Waals surface area (Å²) in [4.78, 5) is 15.0. The van der Waals surface area contributed by atoms with Gasteiger partial charge in [-0.1, -0.05) is 24.3 Å². The van der Waals surface area contributed by atoms with E-state index in [0.29, 0.717) is 6.54 Å². The summed E-state index contributed by atoms with van der Waals surface area (Å²) in [5.74, 6) is 0.825. The molecule has 2 aromatic heterocycles. The number of pyridine rings is 1. The van der Waals surface area contributed by atoms with Gasteiger partial charge in [-0.25, -0.2) is 9.98 Å². The summed E-state index contributed by atoms with van der Waals surface area (Å²) in [6.45, 7) is 8.45. The first-order valence-corrected chi connectivity index (χ1v) is 9.76. The average Bonchev–Trinajstić information content (AvgIpc) is 2.97. The molecule has 0 unspecified atom stereocenters. The molecule has 26 heavy (non-hydrogen) atoms. The minimum absolute atomic E-state index is 0.602. The number of hydrogen-bond donors (Lipinski definition) is 2. The lowest BCUT2D eigenvalue weighted by Crippen LogP contribution is -2.38. The second-order valence-corrected chi connectivity index (χ2v) is 7.40. The van der Waals surface area contributed by atoms with Crippen molar-refractivity contribution in [3.63, 3.8) is 0 Å². The number of fused-ring (bicyclic) bond motifs is 1. The molecule has 5 nitrogen and oxygen atoms in total. The van der Waals surface area contributed by atoms with Crippen LogP contribution in [0.15, 0.2) is 41.5 Å². The molecule has 0 saturated heterocycles. The van der Waals surface area contributed by atoms with Gasteiger partial charge in [-0.15, -0.1) is 11.3 Å². The molecule has 136 valence electrons. The Morgan fingerprint density at radius 3 is 2.77 bits per heavy atom. The lowest BCUT2D eigenvalue weighted by Gasteiger charge is -2.11. The number of benzene rings is 1. The number of rotatable bonds is 6. The third-order valence-corrected chi connectivity index (χ3v) is 5.25. The Morgan fingerprint density at radius 1 is 1.15 bits per heavy atom. The molecule has 0 bridgehead atoms. The Kier molecular flexibility index (Phi) is 6.17. The molecule has 3 aromatic rings. The highest BCUT2D eigenvalue weighted by molar-refractivity contribution is 7.11. The first kappa shape index (κ1) is 18.3. The van der Waals surface area contributed by atoms with Gasteiger partial charge in [0, 0.05) is 29.5 Å². The Labute approximate surface area is 158 Å². The van der Waals surface area contributed by atoms with Gasteiger partial charge in [-0.2, -0.15) is 0 Å². The molecule has 2 heterocycles. The van der Waals surface area contributed by atoms with E-state index in [2.05, 4.69) is 63.7 Å². The Morgan fingerprint density at radius 2 is 2.00 bits per heavy atom. The van der Waals surface area contributed by atoms with Crippen molar-refractivity contribution in [1.29, 1.82) is 0 Å². The van der Waals surface area contributed by atoms with E-state index in [1.807, 2.05) is 19.2 Å². The standard InChI is InChI=1S/C20H25N5S/c1-4-21-20(24-13-18-25-14(2)15(3)26-18)23-12-10-17-8-5-7-16-9-6-11-22-19(16)17/h5-9,11H,4,10,12-13H2,1-3H3,(H2,21,23,24). The van der Waals surface area contributed by atoms with Crippen LogP contribution in [-0.4, -0.2) is 29.0 Å². The Balaban J connectivity index is 1.62. The summed E-state index contributed by atoms with van der Waals surface area (Å²) >= 11 is 1.71. The van der Waals surface area contributed by atoms with Gasteiger partial charge in [0.1, 0.15) is 5.01 Å². The van der Waals surface area contributed by atoms with E-state index in [4.69, 9.17) is 0 Å². The van der Waals surface area contributed by atoms with Crippen molar-refractivity contribution in [2.45, 2.75) is 33.7 Å². The molecule has 0 amide bonds. The maximum atomic E-state index is 4.66. The van der Waals surface area contributed by atoms with Crippen LogP contribution in [0.3, 0.4) is 0 Å². The predicted octanol–water partition coefficient (Wildman–Crippen LogP) is 3.61. The van der Waals surface area contributed by atoms with Crippen molar-refractivity contribution in [1.82, 2.24) is 20.6 Å². The number of hydrogen-bond acceptors (Lipinski definition) is 4. The first-order valence-electron chi connectivity index (χ1n) is 8.95. The third-order valence-electron chi connectivity index (χ3n) is 4.19. The molecule has 0 aliphatic rings. The number of aryl methyl sites for hydroxylation is 2. The van der Waals surface area contributed by atoms with Gasteiger partial charge in [0.05, 0.1) is 17.8 Å². The molecule has 0 aliphatic heterocycles. The number of thiazole rings is 1. The monoisotopic (exact) mass is 367 g/mol. The van der Waals surface area contributed by atoms with Crippen LogP contribution < -0.4 is 10.6 Å². The molecule has 0 spiro atoms. The topological polar surface area (TPSA) is 62.2 Å². The normalized spacial score (nSPS) is 11.7. The molecule has 3 rings (SSSR count). The van der Waals surface area contributed by atoms with E-state index in [0.717, 1.165) is 41.7 Å². The van der Waals surface area contributed by atoms with E-state index in [1.54, 1.807) is 11.3 Å². The predicted molar refractivity (Wildman–Crippen MR) is 110 cm³/mol. The first-order chi connectivity index (χ1) is 12.7. The lowest BCUT2D eigenvalue weighted by atomic mass is 10.1. The summed E-state index contributed by atoms with van der Waals surface area (Å²) in [5.41, 5.74) is 3.42. The van der Waals surface area contributed by atoms with E-state index in [1.165, 1.54) is 15.8 Å². The van der Waals surface area contributed by atoms with Gasteiger partial charge >= 0.3 is 0 Å². The van der Waals surface area contributed by atoms with Crippen LogP contribution in [0.2, 0.25) is 0 Å². The average molecular weight is 368 g/mol. The summed E-state index contributed by atoms with van der Waals surface area (Å²) < 4.78 is 0. The van der Waals surface area contributed by atoms with Crippen molar-refractivity contribution in [3.8, 4) is 0 Å². The van der Waals surface area contributed by atoms with Crippen LogP contribution in [0.5, 0.6) is 0 Å². The fourth-order valence-corrected chi connectivity index (χ4v) is 3.64. The van der Waals surface area contributed by atoms with Gasteiger partial charge in [-0.05, 0) is 38.8 Å². The van der Waals surface area contributed by atoms with Gasteiger partial charge < -0.3 is 10.6 Å². The second-order valence-electron chi connectivity index (χ2n) is 6.11. The smallest absolute Gasteiger partial charge is 0.191 e. The second kappa shape index (κ2) is 8.76. The molecule has 0 fully saturated rings. The number of nitrogens with one attached hydrogen (secondary N) is 2. The largest absolute Gasteiger partial charge is 0.357 e. The molecule has 0 atom stereocenters. The molecule has 0 radical (unpaired) electrons. The number of guanidine groups is 1. The minimum atomic E-state index is 0.602. The zero-order valence-electron chi connectivity index (χ0n) is 15.5. The maximum absolute atomic E-state index is 4.66. The zero-order chi connectivity index (χ0) is 18.4. The number of para-hydroxylation sites is 1. The molecule has 1 aromatic carbocycles. The quantitative estimate of drug-likeness (QED) is 0.516. The molecular weight excluding hydrogens is 342 g/mol. The van der Waals surface area contributed by atoms with E-state index in [9.17, 15) is 0 Å². The van der Waals surface area contributed by atoms with Crippen LogP contribution in [0.4, 0.5) is 0 Å². The fraction of sp³-hybridized carbons (Fsp3) is 0.350. The molecule has 6 heteroatoms.